The number of H-pyrrole nitrogens is 1. The molecule has 164 valence electrons. The third kappa shape index (κ3) is 4.19. The number of aromatic amines is 1. The minimum absolute atomic E-state index is 0.0888. The summed E-state index contributed by atoms with van der Waals surface area (Å²) in [6.45, 7) is 10.2. The normalized spacial score (nSPS) is 19.9. The fourth-order valence-corrected chi connectivity index (χ4v) is 5.94. The van der Waals surface area contributed by atoms with E-state index >= 15 is 0 Å². The summed E-state index contributed by atoms with van der Waals surface area (Å²) in [4.78, 5) is 18.6. The van der Waals surface area contributed by atoms with E-state index in [1.54, 1.807) is 6.07 Å². The average molecular weight is 434 g/mol. The number of nitrogens with zero attached hydrogens (tertiary/aromatic N) is 1. The van der Waals surface area contributed by atoms with Gasteiger partial charge in [-0.1, -0.05) is 20.8 Å². The fraction of sp³-hybridized carbons (Fsp3) is 0.591. The van der Waals surface area contributed by atoms with Crippen LogP contribution in [0.5, 0.6) is 0 Å². The van der Waals surface area contributed by atoms with Crippen molar-refractivity contribution < 1.29 is 17.9 Å². The quantitative estimate of drug-likeness (QED) is 0.730. The molecule has 2 N–H and O–H groups in total. The molecule has 1 aromatic carbocycles. The largest absolute Gasteiger partial charge is 0.379 e. The van der Waals surface area contributed by atoms with Gasteiger partial charge in [-0.15, -0.1) is 0 Å². The Morgan fingerprint density at radius 2 is 1.93 bits per heavy atom. The smallest absolute Gasteiger partial charge is 0.240 e. The van der Waals surface area contributed by atoms with Crippen molar-refractivity contribution >= 4 is 26.7 Å². The number of aryl methyl sites for hydroxylation is 1. The first kappa shape index (κ1) is 21.5. The van der Waals surface area contributed by atoms with Gasteiger partial charge in [0.2, 0.25) is 10.0 Å². The van der Waals surface area contributed by atoms with Crippen LogP contribution >= 0.6 is 0 Å². The van der Waals surface area contributed by atoms with Gasteiger partial charge in [0.1, 0.15) is 0 Å². The van der Waals surface area contributed by atoms with E-state index in [1.807, 2.05) is 13.0 Å². The second kappa shape index (κ2) is 8.07. The minimum atomic E-state index is -3.65. The summed E-state index contributed by atoms with van der Waals surface area (Å²) in [5, 5.41) is 0.842. The van der Waals surface area contributed by atoms with Crippen LogP contribution < -0.4 is 4.72 Å². The minimum Gasteiger partial charge on any atom is -0.379 e. The number of carbonyl (C=O) groups excluding carboxylic acids is 1. The third-order valence-electron chi connectivity index (χ3n) is 6.12. The Bertz CT molecular complexity index is 1070. The Kier molecular flexibility index (Phi) is 5.78. The maximum Gasteiger partial charge on any atom is 0.240 e. The zero-order valence-electron chi connectivity index (χ0n) is 18.0. The van der Waals surface area contributed by atoms with Crippen LogP contribution in [0.4, 0.5) is 0 Å². The highest BCUT2D eigenvalue weighted by molar-refractivity contribution is 7.89. The Morgan fingerprint density at radius 1 is 1.20 bits per heavy atom. The Balaban J connectivity index is 1.62. The second-order valence-corrected chi connectivity index (χ2v) is 10.9. The molecule has 0 spiro atoms. The summed E-state index contributed by atoms with van der Waals surface area (Å²) in [5.41, 5.74) is 3.03. The summed E-state index contributed by atoms with van der Waals surface area (Å²) < 4.78 is 34.2. The molecule has 1 aliphatic heterocycles. The number of sulfonamides is 1. The standard InChI is InChI=1S/C22H31N3O4S/c1-4-15-11-16-17(24-18-13-22(2,3)14-19(26)21(16)18)12-20(15)30(27,28)23-5-6-25-7-9-29-10-8-25/h11-12,23-24H,4-10,13-14H2,1-3H3. The van der Waals surface area contributed by atoms with E-state index in [1.165, 1.54) is 0 Å². The number of ketones is 1. The lowest BCUT2D eigenvalue weighted by Crippen LogP contribution is -2.41. The van der Waals surface area contributed by atoms with Gasteiger partial charge in [0.05, 0.1) is 18.1 Å². The van der Waals surface area contributed by atoms with Crippen molar-refractivity contribution in [3.8, 4) is 0 Å². The molecule has 2 heterocycles. The van der Waals surface area contributed by atoms with E-state index in [-0.39, 0.29) is 11.2 Å². The van der Waals surface area contributed by atoms with E-state index < -0.39 is 10.0 Å². The Labute approximate surface area is 178 Å². The molecule has 8 heteroatoms. The first-order valence-corrected chi connectivity index (χ1v) is 12.2. The van der Waals surface area contributed by atoms with Crippen LogP contribution in [-0.4, -0.2) is 63.5 Å². The van der Waals surface area contributed by atoms with Crippen LogP contribution in [0.25, 0.3) is 10.9 Å². The molecule has 0 amide bonds. The molecule has 0 unspecified atom stereocenters. The lowest BCUT2D eigenvalue weighted by molar-refractivity contribution is 0.0390. The van der Waals surface area contributed by atoms with Crippen LogP contribution in [0.15, 0.2) is 17.0 Å². The van der Waals surface area contributed by atoms with E-state index in [4.69, 9.17) is 4.74 Å². The lowest BCUT2D eigenvalue weighted by atomic mass is 9.76. The number of benzene rings is 1. The van der Waals surface area contributed by atoms with Crippen molar-refractivity contribution in [3.05, 3.63) is 29.0 Å². The molecule has 0 radical (unpaired) electrons. The number of nitrogens with one attached hydrogen (secondary N) is 2. The molecule has 4 rings (SSSR count). The van der Waals surface area contributed by atoms with Gasteiger partial charge in [-0.2, -0.15) is 0 Å². The van der Waals surface area contributed by atoms with Crippen LogP contribution in [0.1, 0.15) is 48.8 Å². The number of aromatic nitrogens is 1. The van der Waals surface area contributed by atoms with Crippen molar-refractivity contribution in [3.63, 3.8) is 0 Å². The molecule has 7 nitrogen and oxygen atoms in total. The van der Waals surface area contributed by atoms with Gasteiger partial charge >= 0.3 is 0 Å². The SMILES string of the molecule is CCc1cc2c3c([nH]c2cc1S(=O)(=O)NCCN1CCOCC1)CC(C)(C)CC3=O. The van der Waals surface area contributed by atoms with Crippen molar-refractivity contribution in [1.82, 2.24) is 14.6 Å². The third-order valence-corrected chi connectivity index (χ3v) is 7.67. The summed E-state index contributed by atoms with van der Waals surface area (Å²) >= 11 is 0. The second-order valence-electron chi connectivity index (χ2n) is 9.13. The number of hydrogen-bond acceptors (Lipinski definition) is 5. The van der Waals surface area contributed by atoms with Crippen LogP contribution in [0.2, 0.25) is 0 Å². The predicted octanol–water partition coefficient (Wildman–Crippen LogP) is 2.50. The maximum atomic E-state index is 13.1. The topological polar surface area (TPSA) is 91.5 Å². The van der Waals surface area contributed by atoms with Crippen molar-refractivity contribution in [1.29, 1.82) is 0 Å². The zero-order chi connectivity index (χ0) is 21.5. The first-order chi connectivity index (χ1) is 14.2. The summed E-state index contributed by atoms with van der Waals surface area (Å²) in [5.74, 6) is 0.133. The first-order valence-electron chi connectivity index (χ1n) is 10.7. The molecule has 1 fully saturated rings. The zero-order valence-corrected chi connectivity index (χ0v) is 18.8. The number of hydrogen-bond donors (Lipinski definition) is 2. The molecule has 1 saturated heterocycles. The van der Waals surface area contributed by atoms with Crippen molar-refractivity contribution in [2.75, 3.05) is 39.4 Å². The van der Waals surface area contributed by atoms with Gasteiger partial charge in [-0.05, 0) is 36.0 Å². The van der Waals surface area contributed by atoms with E-state index in [2.05, 4.69) is 28.5 Å². The number of Topliss-reactive ketones (excluding diaryl/α,β-unsaturated/α-hetero) is 1. The number of carbonyl (C=O) groups is 1. The highest BCUT2D eigenvalue weighted by Crippen LogP contribution is 2.39. The van der Waals surface area contributed by atoms with Gasteiger partial charge < -0.3 is 9.72 Å². The molecular weight excluding hydrogens is 402 g/mol. The molecular formula is C22H31N3O4S. The molecule has 0 saturated carbocycles. The maximum absolute atomic E-state index is 13.1. The number of ether oxygens (including phenoxy) is 1. The van der Waals surface area contributed by atoms with Gasteiger partial charge in [0.15, 0.2) is 5.78 Å². The van der Waals surface area contributed by atoms with Gasteiger partial charge in [-0.3, -0.25) is 9.69 Å². The molecule has 30 heavy (non-hydrogen) atoms. The Hall–Kier alpha value is -1.74. The fourth-order valence-electron chi connectivity index (χ4n) is 4.60. The predicted molar refractivity (Wildman–Crippen MR) is 117 cm³/mol. The van der Waals surface area contributed by atoms with Crippen LogP contribution in [0.3, 0.4) is 0 Å². The molecule has 2 aliphatic rings. The highest BCUT2D eigenvalue weighted by Gasteiger charge is 2.34. The van der Waals surface area contributed by atoms with Gasteiger partial charge in [-0.25, -0.2) is 13.1 Å². The summed E-state index contributed by atoms with van der Waals surface area (Å²) in [6.07, 6.45) is 1.87. The Morgan fingerprint density at radius 3 is 2.63 bits per heavy atom. The number of morpholine rings is 1. The van der Waals surface area contributed by atoms with Gasteiger partial charge in [0, 0.05) is 54.8 Å². The molecule has 2 aromatic rings. The van der Waals surface area contributed by atoms with E-state index in [0.29, 0.717) is 44.0 Å². The summed E-state index contributed by atoms with van der Waals surface area (Å²) in [7, 11) is -3.65. The van der Waals surface area contributed by atoms with E-state index in [9.17, 15) is 13.2 Å². The lowest BCUT2D eigenvalue weighted by Gasteiger charge is -2.28. The summed E-state index contributed by atoms with van der Waals surface area (Å²) in [6, 6.07) is 3.58. The van der Waals surface area contributed by atoms with Gasteiger partial charge in [0.25, 0.3) is 0 Å². The van der Waals surface area contributed by atoms with Crippen LogP contribution in [-0.2, 0) is 27.6 Å². The van der Waals surface area contributed by atoms with E-state index in [0.717, 1.165) is 47.2 Å². The monoisotopic (exact) mass is 433 g/mol. The molecule has 0 atom stereocenters. The van der Waals surface area contributed by atoms with Crippen molar-refractivity contribution in [2.45, 2.75) is 44.9 Å². The number of fused-ring (bicyclic) bond motifs is 3. The molecule has 0 bridgehead atoms. The molecule has 1 aliphatic carbocycles. The van der Waals surface area contributed by atoms with Crippen molar-refractivity contribution in [2.24, 2.45) is 5.41 Å². The number of rotatable bonds is 6. The van der Waals surface area contributed by atoms with Crippen LogP contribution in [0, 0.1) is 5.41 Å². The molecule has 1 aromatic heterocycles. The average Bonchev–Trinajstić information content (AvgIpc) is 3.03. The highest BCUT2D eigenvalue weighted by atomic mass is 32.2.